The molecule has 10 heteroatoms. The molecule has 0 spiro atoms. The molecule has 2 aliphatic rings. The van der Waals surface area contributed by atoms with Crippen LogP contribution < -0.4 is 10.6 Å². The van der Waals surface area contributed by atoms with Gasteiger partial charge in [-0.05, 0) is 34.6 Å². The average Bonchev–Trinajstić information content (AvgIpc) is 3.29. The molecular formula is C20H29FN2O7. The van der Waals surface area contributed by atoms with Crippen molar-refractivity contribution in [3.63, 3.8) is 0 Å². The van der Waals surface area contributed by atoms with Crippen LogP contribution in [0.1, 0.15) is 41.0 Å². The van der Waals surface area contributed by atoms with Crippen LogP contribution in [0.4, 0.5) is 9.18 Å². The van der Waals surface area contributed by atoms with Gasteiger partial charge in [0, 0.05) is 18.3 Å². The molecule has 2 aliphatic carbocycles. The number of carbonyl (C=O) groups excluding carboxylic acids is 4. The number of fused-ring (bicyclic) bond motifs is 1. The Hall–Kier alpha value is -2.65. The maximum atomic E-state index is 14.7. The third-order valence-corrected chi connectivity index (χ3v) is 5.16. The summed E-state index contributed by atoms with van der Waals surface area (Å²) >= 11 is 0. The number of rotatable bonds is 7. The Morgan fingerprint density at radius 2 is 1.93 bits per heavy atom. The van der Waals surface area contributed by atoms with Gasteiger partial charge in [-0.3, -0.25) is 9.59 Å². The number of halogens is 1. The zero-order chi connectivity index (χ0) is 22.9. The highest BCUT2D eigenvalue weighted by Crippen LogP contribution is 2.64. The summed E-state index contributed by atoms with van der Waals surface area (Å²) in [5.41, 5.74) is -2.49. The van der Waals surface area contributed by atoms with Crippen LogP contribution in [-0.2, 0) is 28.6 Å². The van der Waals surface area contributed by atoms with E-state index in [4.69, 9.17) is 14.2 Å². The van der Waals surface area contributed by atoms with E-state index in [1.54, 1.807) is 27.7 Å². The van der Waals surface area contributed by atoms with Crippen molar-refractivity contribution in [2.24, 2.45) is 17.8 Å². The largest absolute Gasteiger partial charge is 0.464 e. The maximum Gasteiger partial charge on any atom is 0.408 e. The summed E-state index contributed by atoms with van der Waals surface area (Å²) in [6.45, 7) is 11.3. The van der Waals surface area contributed by atoms with Crippen molar-refractivity contribution in [2.75, 3.05) is 6.61 Å². The van der Waals surface area contributed by atoms with Gasteiger partial charge >= 0.3 is 18.0 Å². The third kappa shape index (κ3) is 4.73. The van der Waals surface area contributed by atoms with E-state index in [0.29, 0.717) is 0 Å². The summed E-state index contributed by atoms with van der Waals surface area (Å²) in [4.78, 5) is 49.6. The van der Waals surface area contributed by atoms with E-state index >= 15 is 0 Å². The second-order valence-corrected chi connectivity index (χ2v) is 8.50. The number of esters is 2. The van der Waals surface area contributed by atoms with Gasteiger partial charge in [-0.2, -0.15) is 0 Å². The third-order valence-electron chi connectivity index (χ3n) is 5.16. The van der Waals surface area contributed by atoms with Gasteiger partial charge in [0.05, 0.1) is 18.8 Å². The molecule has 9 nitrogen and oxygen atoms in total. The lowest BCUT2D eigenvalue weighted by Gasteiger charge is -2.32. The molecule has 0 saturated heterocycles. The first-order chi connectivity index (χ1) is 13.9. The number of ether oxygens (including phenoxy) is 3. The lowest BCUT2D eigenvalue weighted by Crippen LogP contribution is -2.61. The first-order valence-electron chi connectivity index (χ1n) is 9.82. The quantitative estimate of drug-likeness (QED) is 0.359. The Balaban J connectivity index is 2.19. The maximum absolute atomic E-state index is 14.7. The average molecular weight is 428 g/mol. The van der Waals surface area contributed by atoms with E-state index in [9.17, 15) is 23.6 Å². The van der Waals surface area contributed by atoms with Crippen molar-refractivity contribution in [3.05, 3.63) is 12.8 Å². The van der Waals surface area contributed by atoms with Crippen molar-refractivity contribution in [1.82, 2.24) is 10.6 Å². The molecule has 0 unspecified atom stereocenters. The fourth-order valence-corrected chi connectivity index (χ4v) is 4.01. The summed E-state index contributed by atoms with van der Waals surface area (Å²) in [5, 5.41) is 4.90. The van der Waals surface area contributed by atoms with Gasteiger partial charge in [-0.15, -0.1) is 0 Å². The van der Waals surface area contributed by atoms with E-state index in [0.717, 1.165) is 6.26 Å². The minimum atomic E-state index is -1.73. The van der Waals surface area contributed by atoms with Gasteiger partial charge in [0.25, 0.3) is 0 Å². The summed E-state index contributed by atoms with van der Waals surface area (Å²) in [7, 11) is 0. The number of alkyl carbamates (subject to hydrolysis) is 1. The minimum Gasteiger partial charge on any atom is -0.464 e. The summed E-state index contributed by atoms with van der Waals surface area (Å²) in [6, 6.07) is -1.08. The summed E-state index contributed by atoms with van der Waals surface area (Å²) in [6.07, 6.45) is -1.72. The molecule has 2 amide bonds. The first kappa shape index (κ1) is 23.6. The van der Waals surface area contributed by atoms with Gasteiger partial charge in [-0.1, -0.05) is 6.58 Å². The SMILES string of the molecule is C=COC(=O)[C@H]1[C@H]2[C@@H]1[C@@](NC(=O)[C@@H](C)NC(=O)OC(C)(C)C)(C(=O)OCC)C[C@H]2F. The second kappa shape index (κ2) is 8.61. The second-order valence-electron chi connectivity index (χ2n) is 8.50. The fourth-order valence-electron chi connectivity index (χ4n) is 4.01. The molecule has 2 saturated carbocycles. The van der Waals surface area contributed by atoms with Gasteiger partial charge in [0.15, 0.2) is 0 Å². The zero-order valence-corrected chi connectivity index (χ0v) is 17.8. The van der Waals surface area contributed by atoms with Gasteiger partial charge < -0.3 is 24.8 Å². The molecule has 0 aromatic heterocycles. The predicted octanol–water partition coefficient (Wildman–Crippen LogP) is 1.61. The molecule has 0 bridgehead atoms. The first-order valence-corrected chi connectivity index (χ1v) is 9.82. The number of nitrogens with one attached hydrogen (secondary N) is 2. The van der Waals surface area contributed by atoms with Gasteiger partial charge in [0.1, 0.15) is 23.4 Å². The molecule has 168 valence electrons. The standard InChI is InChI=1S/C20H29FN2O7/c1-7-28-16(25)13-12-11(21)9-20(14(12)13,17(26)29-8-2)23-15(24)10(3)22-18(27)30-19(4,5)6/h7,10-14H,1,8-9H2,2-6H3,(H,22,27)(H,23,24)/t10-,11-,12+,13+,14+,20-/m1/s1. The number of alkyl halides is 1. The highest BCUT2D eigenvalue weighted by Gasteiger charge is 2.76. The molecule has 0 aliphatic heterocycles. The highest BCUT2D eigenvalue weighted by atomic mass is 19.1. The number of hydrogen-bond donors (Lipinski definition) is 2. The zero-order valence-electron chi connectivity index (χ0n) is 17.8. The van der Waals surface area contributed by atoms with E-state index in [-0.39, 0.29) is 13.0 Å². The monoisotopic (exact) mass is 428 g/mol. The van der Waals surface area contributed by atoms with Crippen LogP contribution in [0.3, 0.4) is 0 Å². The van der Waals surface area contributed by atoms with Crippen LogP contribution in [0.15, 0.2) is 12.8 Å². The molecule has 30 heavy (non-hydrogen) atoms. The minimum absolute atomic E-state index is 0.0122. The Labute approximate surface area is 174 Å². The van der Waals surface area contributed by atoms with Crippen LogP contribution in [0, 0.1) is 17.8 Å². The number of carbonyl (C=O) groups is 4. The van der Waals surface area contributed by atoms with Crippen molar-refractivity contribution in [2.45, 2.75) is 64.4 Å². The molecule has 0 aromatic carbocycles. The molecular weight excluding hydrogens is 399 g/mol. The van der Waals surface area contributed by atoms with Gasteiger partial charge in [0.2, 0.25) is 5.91 Å². The fraction of sp³-hybridized carbons (Fsp3) is 0.700. The van der Waals surface area contributed by atoms with Crippen LogP contribution >= 0.6 is 0 Å². The Kier molecular flexibility index (Phi) is 6.78. The highest BCUT2D eigenvalue weighted by molar-refractivity contribution is 5.94. The number of hydrogen-bond acceptors (Lipinski definition) is 7. The Morgan fingerprint density at radius 3 is 2.47 bits per heavy atom. The van der Waals surface area contributed by atoms with Crippen molar-refractivity contribution in [1.29, 1.82) is 0 Å². The van der Waals surface area contributed by atoms with Crippen LogP contribution in [0.25, 0.3) is 0 Å². The van der Waals surface area contributed by atoms with Gasteiger partial charge in [-0.25, -0.2) is 14.0 Å². The van der Waals surface area contributed by atoms with Crippen LogP contribution in [0.5, 0.6) is 0 Å². The van der Waals surface area contributed by atoms with Crippen molar-refractivity contribution in [3.8, 4) is 0 Å². The van der Waals surface area contributed by atoms with Crippen LogP contribution in [0.2, 0.25) is 0 Å². The lowest BCUT2D eigenvalue weighted by atomic mass is 9.89. The predicted molar refractivity (Wildman–Crippen MR) is 103 cm³/mol. The molecule has 6 atom stereocenters. The summed E-state index contributed by atoms with van der Waals surface area (Å²) < 4.78 is 29.6. The van der Waals surface area contributed by atoms with Crippen molar-refractivity contribution >= 4 is 23.9 Å². The molecule has 2 rings (SSSR count). The smallest absolute Gasteiger partial charge is 0.408 e. The summed E-state index contributed by atoms with van der Waals surface area (Å²) in [5.74, 6) is -4.75. The van der Waals surface area contributed by atoms with E-state index in [1.807, 2.05) is 0 Å². The topological polar surface area (TPSA) is 120 Å². The van der Waals surface area contributed by atoms with Crippen molar-refractivity contribution < 1.29 is 37.8 Å². The molecule has 0 radical (unpaired) electrons. The molecule has 2 fully saturated rings. The number of amides is 2. The Bertz CT molecular complexity index is 735. The van der Waals surface area contributed by atoms with E-state index < -0.39 is 65.0 Å². The molecule has 2 N–H and O–H groups in total. The molecule has 0 aromatic rings. The normalized spacial score (nSPS) is 30.3. The Morgan fingerprint density at radius 1 is 1.30 bits per heavy atom. The van der Waals surface area contributed by atoms with Crippen LogP contribution in [-0.4, -0.2) is 53.9 Å². The lowest BCUT2D eigenvalue weighted by molar-refractivity contribution is -0.155. The van der Waals surface area contributed by atoms with E-state index in [2.05, 4.69) is 17.2 Å². The van der Waals surface area contributed by atoms with E-state index in [1.165, 1.54) is 6.92 Å². The molecule has 0 heterocycles.